The molecule has 0 radical (unpaired) electrons. The van der Waals surface area contributed by atoms with Crippen LogP contribution in [0.5, 0.6) is 23.0 Å². The summed E-state index contributed by atoms with van der Waals surface area (Å²) in [7, 11) is -3.64. The zero-order valence-electron chi connectivity index (χ0n) is 75.6. The van der Waals surface area contributed by atoms with Gasteiger partial charge in [-0.1, -0.05) is 131 Å². The normalized spacial score (nSPS) is 16.8. The average molecular weight is 1980 g/mol. The molecule has 3 atom stereocenters. The Morgan fingerprint density at radius 3 is 1.42 bits per heavy atom. The number of anilines is 2. The molecule has 4 aromatic heterocycles. The number of aliphatic carboxylic acids is 2. The third kappa shape index (κ3) is 27.8. The van der Waals surface area contributed by atoms with Gasteiger partial charge in [-0.2, -0.15) is 10.5 Å². The molecule has 17 rings (SSSR count). The third-order valence-corrected chi connectivity index (χ3v) is 25.9. The van der Waals surface area contributed by atoms with Gasteiger partial charge in [0.25, 0.3) is 0 Å². The van der Waals surface area contributed by atoms with E-state index in [1.54, 1.807) is 48.8 Å². The van der Waals surface area contributed by atoms with Crippen molar-refractivity contribution in [1.29, 1.82) is 10.5 Å². The number of likely N-dealkylation sites (tertiary alicyclic amines) is 2. The molecule has 0 saturated carbocycles. The van der Waals surface area contributed by atoms with Crippen LogP contribution >= 0.6 is 47.4 Å². The van der Waals surface area contributed by atoms with Crippen molar-refractivity contribution in [3.63, 3.8) is 0 Å². The second kappa shape index (κ2) is 50.2. The van der Waals surface area contributed by atoms with Crippen molar-refractivity contribution in [2.24, 2.45) is 0 Å². The van der Waals surface area contributed by atoms with Crippen molar-refractivity contribution in [3.8, 4) is 46.3 Å². The van der Waals surface area contributed by atoms with Crippen LogP contribution in [0.1, 0.15) is 171 Å². The molecular formula is C98H100BBrCl2K3N10O16P. The van der Waals surface area contributed by atoms with E-state index in [9.17, 15) is 30.3 Å². The predicted molar refractivity (Wildman–Crippen MR) is 504 cm³/mol. The fourth-order valence-electron chi connectivity index (χ4n) is 16.8. The van der Waals surface area contributed by atoms with Gasteiger partial charge in [0.1, 0.15) is 84.7 Å². The molecule has 34 heteroatoms. The topological polar surface area (TPSA) is 341 Å². The van der Waals surface area contributed by atoms with Gasteiger partial charge >= 0.3 is 142 Å². The third-order valence-electron chi connectivity index (χ3n) is 24.7. The summed E-state index contributed by atoms with van der Waals surface area (Å²) in [6.45, 7) is 19.2. The van der Waals surface area contributed by atoms with Crippen LogP contribution < -0.4 is 95.7 Å². The number of carbonyl (C=O) groups is 2. The quantitative estimate of drug-likeness (QED) is 0.0232. The molecule has 5 fully saturated rings. The number of pyridine rings is 2. The number of oxazole rings is 2. The molecule has 0 amide bonds. The monoisotopic (exact) mass is 1980 g/mol. The Labute approximate surface area is 876 Å². The van der Waals surface area contributed by atoms with Crippen LogP contribution in [0.25, 0.3) is 33.3 Å². The van der Waals surface area contributed by atoms with Crippen molar-refractivity contribution in [2.75, 3.05) is 49.1 Å². The van der Waals surface area contributed by atoms with Crippen LogP contribution in [0.2, 0.25) is 10.0 Å². The Kier molecular flexibility index (Phi) is 39.8. The van der Waals surface area contributed by atoms with Crippen molar-refractivity contribution < 1.29 is 128 Å². The molecular weight excluding hydrogens is 1880 g/mol. The van der Waals surface area contributed by atoms with Crippen LogP contribution in [-0.2, 0) is 67.7 Å². The Bertz CT molecular complexity index is 6030. The maximum atomic E-state index is 12.1. The summed E-state index contributed by atoms with van der Waals surface area (Å²) in [5.41, 5.74) is 16.1. The SMILES string of the molecule is Brc1ccc2oc(C3CCN(c4ccccc4)CC3)nc2c1.Cc1c(COc2cc(OCc3cncc(C#N)c3)c(CN3CCCC[C@H]3C(=O)O)cc2Cl)cccc1-c1ccc2oc(C3CCN(c4ccccc4)CC3)nc2c1.Cc1c(COc2cc(OCc3cncc(C#N)c3)c(CN3CCCC[C@H]3C(=O)O)cc2Cl)cccc1B1OC(C)(C)C(C)(C)O1.O=[P+]([O-])O[O-].[K+].[K][K]. The Balaban J connectivity index is 0.000000185. The summed E-state index contributed by atoms with van der Waals surface area (Å²) in [5.74, 6) is 2.68. The number of nitrogens with zero attached hydrogens (tertiary/aromatic N) is 10. The van der Waals surface area contributed by atoms with Gasteiger partial charge in [0.05, 0.1) is 32.4 Å². The van der Waals surface area contributed by atoms with Gasteiger partial charge in [0, 0.05) is 126 Å². The number of carboxylic acids is 2. The molecule has 0 spiro atoms. The zero-order valence-corrected chi connectivity index (χ0v) is 88.9. The molecule has 8 aromatic carbocycles. The molecule has 670 valence electrons. The Hall–Kier alpha value is -6.43. The van der Waals surface area contributed by atoms with E-state index in [2.05, 4.69) is 143 Å². The molecule has 2 N–H and O–H groups in total. The Morgan fingerprint density at radius 2 is 0.977 bits per heavy atom. The number of carboxylic acid groups (broad SMARTS) is 2. The van der Waals surface area contributed by atoms with E-state index in [4.69, 9.17) is 80.0 Å². The number of nitriles is 2. The van der Waals surface area contributed by atoms with E-state index >= 15 is 0 Å². The van der Waals surface area contributed by atoms with E-state index in [1.807, 2.05) is 99.0 Å². The molecule has 5 saturated heterocycles. The molecule has 9 heterocycles. The van der Waals surface area contributed by atoms with Crippen molar-refractivity contribution in [3.05, 3.63) is 277 Å². The summed E-state index contributed by atoms with van der Waals surface area (Å²) in [4.78, 5) is 59.7. The number of para-hydroxylation sites is 2. The molecule has 5 aliphatic rings. The van der Waals surface area contributed by atoms with Gasteiger partial charge in [-0.25, -0.2) is 14.6 Å². The number of halogens is 3. The molecule has 132 heavy (non-hydrogen) atoms. The van der Waals surface area contributed by atoms with Gasteiger partial charge in [0.2, 0.25) is 0 Å². The number of ether oxygens (including phenoxy) is 4. The zero-order chi connectivity index (χ0) is 92.9. The van der Waals surface area contributed by atoms with Crippen LogP contribution in [-0.4, -0.2) is 185 Å². The molecule has 26 nitrogen and oxygen atoms in total. The van der Waals surface area contributed by atoms with Crippen LogP contribution in [0.4, 0.5) is 11.4 Å². The van der Waals surface area contributed by atoms with Crippen LogP contribution in [0.15, 0.2) is 208 Å². The van der Waals surface area contributed by atoms with Gasteiger partial charge in [-0.05, 0) is 228 Å². The summed E-state index contributed by atoms with van der Waals surface area (Å²) in [6, 6.07) is 59.2. The molecule has 1 unspecified atom stereocenters. The maximum absolute atomic E-state index is 12.1. The van der Waals surface area contributed by atoms with Crippen molar-refractivity contribution >= 4 is 169 Å². The van der Waals surface area contributed by atoms with Gasteiger partial charge in [-0.15, -0.1) is 0 Å². The number of hydrogen-bond donors (Lipinski definition) is 2. The minimum absolute atomic E-state index is 0. The Morgan fingerprint density at radius 1 is 0.545 bits per heavy atom. The number of aromatic nitrogens is 4. The van der Waals surface area contributed by atoms with E-state index < -0.39 is 50.6 Å². The van der Waals surface area contributed by atoms with Crippen molar-refractivity contribution in [1.82, 2.24) is 29.7 Å². The number of rotatable bonds is 25. The van der Waals surface area contributed by atoms with Gasteiger partial charge < -0.3 is 67.3 Å². The summed E-state index contributed by atoms with van der Waals surface area (Å²) in [5, 5.41) is 47.7. The molecule has 0 bridgehead atoms. The van der Waals surface area contributed by atoms with Gasteiger partial charge in [0.15, 0.2) is 22.9 Å². The van der Waals surface area contributed by atoms with E-state index in [-0.39, 0.29) is 83.7 Å². The van der Waals surface area contributed by atoms with Crippen LogP contribution in [0, 0.1) is 36.5 Å². The van der Waals surface area contributed by atoms with E-state index in [0.717, 1.165) is 177 Å². The second-order valence-corrected chi connectivity index (χ2v) is 36.0. The molecule has 0 aliphatic carbocycles. The van der Waals surface area contributed by atoms with Gasteiger partial charge in [-0.3, -0.25) is 29.4 Å². The standard InChI is InChI=1S/C46H44ClN5O5.C34H39BClN3O6.C18H17BrN2O.3K.HO4P/c1-30-35(8-7-11-38(30)34-13-14-42-40(22-34)50-45(57-42)33-15-18-51(19-16-33)37-9-3-2-4-10-37)29-56-44-23-43(55-28-32-20-31(24-48)25-49-26-32)36(21-39(44)47)27-52-17-6-5-12-41(52)46(53)54;1-22-25(9-8-10-27(22)35-44-33(2,3)34(4,5)45-35)21-43-31-15-30(42-20-24-13-23(16-37)17-38-18-24)26(14-28(31)36)19-39-12-7-6-11-29(39)32(40)41;19-14-6-7-17-16(12-14)20-18(22-17)13-8-10-21(11-9-13)15-4-2-1-3-5-15;;;;1-4-5(2)3/h2-4,7-11,13-14,20-23,25-26,33,41H,5-6,12,15-19,27-29H2,1H3,(H,53,54);8-10,13-15,17-18,29H,6-7,11-12,19-21H2,1-5H3,(H,40,41);1-7,12-13H,8-11H2;;;;1H/q;;;;;+1;/p-1/t41-;29-;;;;;/m00...../s1. The first-order valence-corrected chi connectivity index (χ1v) is 62.7. The summed E-state index contributed by atoms with van der Waals surface area (Å²) >= 11 is 19.6. The predicted octanol–water partition coefficient (Wildman–Crippen LogP) is 15.0. The summed E-state index contributed by atoms with van der Waals surface area (Å²) in [6.07, 6.45) is 15.2. The number of piperidine rings is 4. The minimum atomic E-state index is -3.15. The molecule has 5 aliphatic heterocycles. The van der Waals surface area contributed by atoms with Crippen LogP contribution in [0.3, 0.4) is 0 Å². The first-order valence-electron chi connectivity index (χ1n) is 44.1. The van der Waals surface area contributed by atoms with E-state index in [1.165, 1.54) is 86.9 Å². The number of benzene rings is 8. The average Bonchev–Trinajstić information content (AvgIpc) is 1.60. The molecule has 12 aromatic rings. The number of fused-ring (bicyclic) bond motifs is 2. The first kappa shape index (κ1) is 104. The van der Waals surface area contributed by atoms with Crippen molar-refractivity contribution in [2.45, 2.75) is 180 Å². The fraction of sp³-hybridized carbons (Fsp3) is 0.347. The second-order valence-electron chi connectivity index (χ2n) is 33.7. The number of hydrogen-bond acceptors (Lipinski definition) is 24. The fourth-order valence-corrected chi connectivity index (χ4v) is 17.6. The first-order chi connectivity index (χ1) is 63.3. The van der Waals surface area contributed by atoms with E-state index in [0.29, 0.717) is 89.1 Å². The summed E-state index contributed by atoms with van der Waals surface area (Å²) < 4.78 is 62.5.